The fourth-order valence-corrected chi connectivity index (χ4v) is 8.25. The first kappa shape index (κ1) is 66.0. The van der Waals surface area contributed by atoms with Crippen LogP contribution in [0.3, 0.4) is 0 Å². The number of rotatable bonds is 2. The third kappa shape index (κ3) is 21.1. The number of hydrogen-bond acceptors (Lipinski definition) is 6. The maximum atomic E-state index is 9.84. The highest BCUT2D eigenvalue weighted by Crippen LogP contribution is 2.38. The lowest BCUT2D eigenvalue weighted by molar-refractivity contribution is 0.444. The monoisotopic (exact) mass is 1040 g/mol. The molecule has 7 heteroatoms. The van der Waals surface area contributed by atoms with Gasteiger partial charge in [0.15, 0.2) is 8.38 Å². The third-order valence-corrected chi connectivity index (χ3v) is 13.6. The van der Waals surface area contributed by atoms with Gasteiger partial charge in [-0.1, -0.05) is 257 Å². The molecule has 0 amide bonds. The maximum absolute atomic E-state index is 9.84. The Morgan fingerprint density at radius 2 is 0.467 bits per heavy atom. The third-order valence-electron chi connectivity index (χ3n) is 12.9. The lowest BCUT2D eigenvalue weighted by Gasteiger charge is -2.25. The van der Waals surface area contributed by atoms with Crippen molar-refractivity contribution in [3.63, 3.8) is 0 Å². The van der Waals surface area contributed by atoms with Gasteiger partial charge in [-0.2, -0.15) is 0 Å². The molecule has 0 aliphatic rings. The lowest BCUT2D eigenvalue weighted by Crippen LogP contribution is -2.16. The van der Waals surface area contributed by atoms with Crippen LogP contribution in [0.1, 0.15) is 211 Å². The Labute approximate surface area is 457 Å². The van der Waals surface area contributed by atoms with Crippen LogP contribution in [0.15, 0.2) is 127 Å². The second-order valence-electron chi connectivity index (χ2n) is 28.1. The molecule has 0 fully saturated rings. The summed E-state index contributed by atoms with van der Waals surface area (Å²) in [4.78, 5) is 18.0. The van der Waals surface area contributed by atoms with Crippen LogP contribution in [0.25, 0.3) is 11.1 Å². The first-order valence-corrected chi connectivity index (χ1v) is 27.7. The molecule has 0 saturated carbocycles. The summed E-state index contributed by atoms with van der Waals surface area (Å²) in [7, 11) is -1.98. The first-order chi connectivity index (χ1) is 33.8. The van der Waals surface area contributed by atoms with E-state index < -0.39 is 8.38 Å². The van der Waals surface area contributed by atoms with Crippen LogP contribution in [0, 0.1) is 0 Å². The molecule has 0 spiro atoms. The molecular weight excluding hydrogens is 944 g/mol. The largest absolute Gasteiger partial charge is 0.508 e. The van der Waals surface area contributed by atoms with Gasteiger partial charge in [0, 0.05) is 5.30 Å². The van der Waals surface area contributed by atoms with Crippen LogP contribution in [0.4, 0.5) is 0 Å². The van der Waals surface area contributed by atoms with E-state index in [1.807, 2.05) is 66.7 Å². The van der Waals surface area contributed by atoms with Crippen LogP contribution >= 0.6 is 8.38 Å². The van der Waals surface area contributed by atoms with E-state index in [4.69, 9.17) is 9.79 Å². The molecule has 6 N–H and O–H groups in total. The summed E-state index contributed by atoms with van der Waals surface area (Å²) in [6.07, 6.45) is 0. The molecule has 0 aliphatic heterocycles. The fourth-order valence-electron chi connectivity index (χ4n) is 7.83. The molecule has 0 unspecified atom stereocenters. The molecule has 75 heavy (non-hydrogen) atoms. The van der Waals surface area contributed by atoms with Gasteiger partial charge >= 0.3 is 0 Å². The second kappa shape index (κ2) is 25.3. The Balaban J connectivity index is 0.000000321. The summed E-state index contributed by atoms with van der Waals surface area (Å²) in [5.41, 5.74) is 11.9. The maximum Gasteiger partial charge on any atom is 0.199 e. The Morgan fingerprint density at radius 1 is 0.253 bits per heavy atom. The van der Waals surface area contributed by atoms with Crippen molar-refractivity contribution in [2.45, 2.75) is 209 Å². The van der Waals surface area contributed by atoms with Crippen molar-refractivity contribution < 1.29 is 30.2 Å². The minimum Gasteiger partial charge on any atom is -0.508 e. The van der Waals surface area contributed by atoms with Crippen molar-refractivity contribution in [3.05, 3.63) is 172 Å². The lowest BCUT2D eigenvalue weighted by atomic mass is 9.80. The van der Waals surface area contributed by atoms with E-state index in [9.17, 15) is 20.4 Å². The summed E-state index contributed by atoms with van der Waals surface area (Å²) >= 11 is 0. The van der Waals surface area contributed by atoms with Crippen molar-refractivity contribution in [2.75, 3.05) is 0 Å². The number of aromatic hydroxyl groups is 4. The van der Waals surface area contributed by atoms with Crippen LogP contribution in [0.5, 0.6) is 23.0 Å². The topological polar surface area (TPSA) is 121 Å². The Hall–Kier alpha value is -5.13. The second-order valence-corrected chi connectivity index (χ2v) is 29.2. The van der Waals surface area contributed by atoms with E-state index in [-0.39, 0.29) is 43.3 Å². The summed E-state index contributed by atoms with van der Waals surface area (Å²) < 4.78 is 0. The summed E-state index contributed by atoms with van der Waals surface area (Å²) in [6.45, 7) is 51.7. The van der Waals surface area contributed by atoms with Gasteiger partial charge in [-0.3, -0.25) is 0 Å². The van der Waals surface area contributed by atoms with E-state index >= 15 is 0 Å². The standard InChI is InChI=1S/4C14H22O.C12H11O2P/c4*1-13(2,3)10-7-8-12(15)11(9-10)14(4,5)6;13-15(14)12-8-6-11(7-9-12)10-4-2-1-3-5-10/h4*7-9,15H,1-6H3;1-9,13-14H. The minimum atomic E-state index is -1.98. The van der Waals surface area contributed by atoms with E-state index in [1.165, 1.54) is 22.3 Å². The highest BCUT2D eigenvalue weighted by atomic mass is 31.2. The van der Waals surface area contributed by atoms with Gasteiger partial charge in [0.2, 0.25) is 0 Å². The average Bonchev–Trinajstić information content (AvgIpc) is 3.25. The highest BCUT2D eigenvalue weighted by Gasteiger charge is 2.25. The number of hydrogen-bond donors (Lipinski definition) is 6. The van der Waals surface area contributed by atoms with E-state index in [1.54, 1.807) is 36.4 Å². The van der Waals surface area contributed by atoms with Crippen molar-refractivity contribution in [1.29, 1.82) is 0 Å². The van der Waals surface area contributed by atoms with Crippen LogP contribution in [0.2, 0.25) is 0 Å². The number of phenols is 4. The van der Waals surface area contributed by atoms with Crippen molar-refractivity contribution in [1.82, 2.24) is 0 Å². The van der Waals surface area contributed by atoms with Crippen LogP contribution in [-0.4, -0.2) is 30.2 Å². The van der Waals surface area contributed by atoms with Crippen molar-refractivity contribution in [3.8, 4) is 34.1 Å². The molecule has 0 radical (unpaired) electrons. The van der Waals surface area contributed by atoms with Gasteiger partial charge in [-0.15, -0.1) is 0 Å². The normalized spacial score (nSPS) is 12.5. The van der Waals surface area contributed by atoms with Crippen LogP contribution in [-0.2, 0) is 43.3 Å². The summed E-state index contributed by atoms with van der Waals surface area (Å²) in [6, 6.07) is 41.0. The zero-order chi connectivity index (χ0) is 58.1. The molecule has 6 nitrogen and oxygen atoms in total. The Kier molecular flexibility index (Phi) is 22.3. The molecule has 0 saturated heterocycles. The first-order valence-electron chi connectivity index (χ1n) is 26.5. The quantitative estimate of drug-likeness (QED) is 0.0961. The predicted molar refractivity (Wildman–Crippen MR) is 325 cm³/mol. The smallest absolute Gasteiger partial charge is 0.199 e. The molecule has 0 bridgehead atoms. The van der Waals surface area contributed by atoms with Gasteiger partial charge in [0.1, 0.15) is 23.0 Å². The molecule has 0 aliphatic carbocycles. The van der Waals surface area contributed by atoms with Crippen molar-refractivity contribution >= 4 is 13.7 Å². The fraction of sp³-hybridized carbons (Fsp3) is 0.471. The Bertz CT molecular complexity index is 2420. The van der Waals surface area contributed by atoms with Crippen LogP contribution < -0.4 is 5.30 Å². The van der Waals surface area contributed by atoms with E-state index in [2.05, 4.69) is 190 Å². The molecule has 6 rings (SSSR count). The minimum absolute atomic E-state index is 0.00859. The summed E-state index contributed by atoms with van der Waals surface area (Å²) in [5.74, 6) is 1.59. The summed E-state index contributed by atoms with van der Waals surface area (Å²) in [5, 5.41) is 39.9. The average molecular weight is 1040 g/mol. The molecule has 6 aromatic carbocycles. The van der Waals surface area contributed by atoms with E-state index in [0.717, 1.165) is 33.4 Å². The van der Waals surface area contributed by atoms with Gasteiger partial charge in [0.25, 0.3) is 0 Å². The van der Waals surface area contributed by atoms with Gasteiger partial charge in [-0.25, -0.2) is 0 Å². The van der Waals surface area contributed by atoms with E-state index in [0.29, 0.717) is 28.3 Å². The molecule has 0 atom stereocenters. The van der Waals surface area contributed by atoms with Gasteiger partial charge in [0.05, 0.1) is 0 Å². The highest BCUT2D eigenvalue weighted by molar-refractivity contribution is 7.54. The predicted octanol–water partition coefficient (Wildman–Crippen LogP) is 18.2. The zero-order valence-electron chi connectivity index (χ0n) is 50.8. The SMILES string of the molecule is CC(C)(C)c1ccc(O)c(C(C)(C)C)c1.CC(C)(C)c1ccc(O)c(C(C)(C)C)c1.CC(C)(C)c1ccc(O)c(C(C)(C)C)c1.CC(C)(C)c1ccc(O)c(C(C)(C)C)c1.OP(O)c1ccc(-c2ccccc2)cc1. The molecule has 412 valence electrons. The molecule has 6 aromatic rings. The molecular formula is C68H99O6P. The Morgan fingerprint density at radius 3 is 0.653 bits per heavy atom. The number of phenolic OH excluding ortho intramolecular Hbond substituents is 4. The molecule has 0 aromatic heterocycles. The molecule has 0 heterocycles. The zero-order valence-corrected chi connectivity index (χ0v) is 51.6. The van der Waals surface area contributed by atoms with Gasteiger partial charge in [-0.05, 0) is 135 Å². The number of benzene rings is 6. The van der Waals surface area contributed by atoms with Crippen molar-refractivity contribution in [2.24, 2.45) is 0 Å². The van der Waals surface area contributed by atoms with Gasteiger partial charge < -0.3 is 30.2 Å².